The number of aliphatic carboxylic acids is 4. The van der Waals surface area contributed by atoms with Gasteiger partial charge in [0.15, 0.2) is 12.3 Å². The van der Waals surface area contributed by atoms with Crippen LogP contribution in [0.4, 0.5) is 9.59 Å². The molecule has 0 aliphatic carbocycles. The van der Waals surface area contributed by atoms with Crippen LogP contribution in [-0.2, 0) is 19.2 Å². The maximum Gasteiger partial charge on any atom is 0.324 e. The molecule has 2 rings (SSSR count). The highest BCUT2D eigenvalue weighted by molar-refractivity contribution is 5.92. The van der Waals surface area contributed by atoms with E-state index in [9.17, 15) is 28.8 Å². The molecule has 2 aliphatic rings. The molecule has 0 radical (unpaired) electrons. The minimum absolute atomic E-state index is 0.624. The highest BCUT2D eigenvalue weighted by Crippen LogP contribution is 2.34. The van der Waals surface area contributed by atoms with E-state index in [1.807, 2.05) is 0 Å². The maximum atomic E-state index is 12.4. The van der Waals surface area contributed by atoms with Crippen molar-refractivity contribution in [1.29, 1.82) is 0 Å². The van der Waals surface area contributed by atoms with E-state index in [-0.39, 0.29) is 0 Å². The van der Waals surface area contributed by atoms with Crippen LogP contribution in [0.1, 0.15) is 0 Å². The molecule has 4 amide bonds. The molecule has 2 saturated heterocycles. The molecule has 0 saturated carbocycles. The summed E-state index contributed by atoms with van der Waals surface area (Å²) in [5, 5.41) is 35.9. The lowest BCUT2D eigenvalue weighted by Crippen LogP contribution is -2.50. The van der Waals surface area contributed by atoms with Crippen LogP contribution in [0.5, 0.6) is 0 Å². The van der Waals surface area contributed by atoms with E-state index in [4.69, 9.17) is 20.4 Å². The topological polar surface area (TPSA) is 196 Å². The van der Waals surface area contributed by atoms with Crippen molar-refractivity contribution in [3.05, 3.63) is 0 Å². The summed E-state index contributed by atoms with van der Waals surface area (Å²) in [6.45, 7) is -3.72. The van der Waals surface area contributed by atoms with Crippen LogP contribution in [-0.4, -0.2) is 114 Å². The first-order valence-electron chi connectivity index (χ1n) is 7.06. The van der Waals surface area contributed by atoms with Gasteiger partial charge in [0, 0.05) is 0 Å². The lowest BCUT2D eigenvalue weighted by molar-refractivity contribution is -0.141. The third-order valence-electron chi connectivity index (χ3n) is 3.75. The number of carboxylic acid groups (broad SMARTS) is 4. The molecule has 0 aromatic heterocycles. The smallest absolute Gasteiger partial charge is 0.324 e. The summed E-state index contributed by atoms with van der Waals surface area (Å²) >= 11 is 0. The third-order valence-corrected chi connectivity index (χ3v) is 3.75. The average molecular weight is 374 g/mol. The van der Waals surface area contributed by atoms with Gasteiger partial charge in [0.25, 0.3) is 0 Å². The summed E-state index contributed by atoms with van der Waals surface area (Å²) in [5.41, 5.74) is 0. The number of nitrogens with zero attached hydrogens (tertiary/aromatic N) is 4. The lowest BCUT2D eigenvalue weighted by atomic mass is 10.3. The van der Waals surface area contributed by atoms with Gasteiger partial charge in [-0.3, -0.25) is 38.8 Å². The molecule has 14 heteroatoms. The Morgan fingerprint density at radius 1 is 0.577 bits per heavy atom. The summed E-state index contributed by atoms with van der Waals surface area (Å²) in [5.74, 6) is -5.91. The number of carboxylic acids is 4. The summed E-state index contributed by atoms with van der Waals surface area (Å²) in [7, 11) is 0. The fourth-order valence-corrected chi connectivity index (χ4v) is 2.99. The van der Waals surface area contributed by atoms with Crippen molar-refractivity contribution in [2.75, 3.05) is 26.2 Å². The van der Waals surface area contributed by atoms with E-state index in [1.165, 1.54) is 0 Å². The Bertz CT molecular complexity index is 583. The Kier molecular flexibility index (Phi) is 4.86. The van der Waals surface area contributed by atoms with Gasteiger partial charge in [0.2, 0.25) is 0 Å². The van der Waals surface area contributed by atoms with Crippen LogP contribution < -0.4 is 0 Å². The van der Waals surface area contributed by atoms with Crippen molar-refractivity contribution >= 4 is 35.9 Å². The van der Waals surface area contributed by atoms with E-state index >= 15 is 0 Å². The molecular formula is C12H14N4O10. The Labute approximate surface area is 144 Å². The van der Waals surface area contributed by atoms with Crippen LogP contribution in [0.3, 0.4) is 0 Å². The van der Waals surface area contributed by atoms with Gasteiger partial charge in [-0.05, 0) is 0 Å². The zero-order valence-electron chi connectivity index (χ0n) is 13.0. The van der Waals surface area contributed by atoms with Gasteiger partial charge in [0.05, 0.1) is 0 Å². The molecule has 4 N–H and O–H groups in total. The SMILES string of the molecule is O=C(O)CN1C(=O)N(CC(=O)O)C2C1N(CC(=O)O)C(=O)N2CC(=O)O. The van der Waals surface area contributed by atoms with Gasteiger partial charge < -0.3 is 20.4 Å². The van der Waals surface area contributed by atoms with E-state index in [0.29, 0.717) is 19.6 Å². The van der Waals surface area contributed by atoms with E-state index in [0.717, 1.165) is 0 Å². The second-order valence-electron chi connectivity index (χ2n) is 5.48. The number of fused-ring (bicyclic) bond motifs is 1. The molecule has 0 unspecified atom stereocenters. The molecule has 14 nitrogen and oxygen atoms in total. The molecule has 2 aliphatic heterocycles. The van der Waals surface area contributed by atoms with Crippen LogP contribution in [0.2, 0.25) is 0 Å². The molecule has 0 atom stereocenters. The monoisotopic (exact) mass is 374 g/mol. The van der Waals surface area contributed by atoms with Gasteiger partial charge >= 0.3 is 35.9 Å². The van der Waals surface area contributed by atoms with Gasteiger partial charge in [-0.25, -0.2) is 9.59 Å². The van der Waals surface area contributed by atoms with Crippen molar-refractivity contribution in [2.45, 2.75) is 12.3 Å². The average Bonchev–Trinajstić information content (AvgIpc) is 2.87. The standard InChI is InChI=1S/C12H14N4O10/c17-5(18)1-13-9-10(15(11(13)25)3-7(21)22)16(4-8(23)24)12(26)14(9)2-6(19)20/h9-10H,1-4H2,(H,17,18)(H,19,20)(H,21,22)(H,23,24). The van der Waals surface area contributed by atoms with Crippen molar-refractivity contribution in [3.63, 3.8) is 0 Å². The van der Waals surface area contributed by atoms with Crippen molar-refractivity contribution in [3.8, 4) is 0 Å². The first-order chi connectivity index (χ1) is 12.0. The highest BCUT2D eigenvalue weighted by atomic mass is 16.4. The molecule has 0 spiro atoms. The second-order valence-corrected chi connectivity index (χ2v) is 5.48. The number of hydrogen-bond donors (Lipinski definition) is 4. The minimum atomic E-state index is -1.48. The number of amides is 4. The number of rotatable bonds is 8. The van der Waals surface area contributed by atoms with Crippen LogP contribution >= 0.6 is 0 Å². The summed E-state index contributed by atoms with van der Waals surface area (Å²) in [6, 6.07) is -2.13. The van der Waals surface area contributed by atoms with Crippen LogP contribution in [0, 0.1) is 0 Å². The van der Waals surface area contributed by atoms with Crippen LogP contribution in [0.25, 0.3) is 0 Å². The molecule has 0 aromatic rings. The maximum absolute atomic E-state index is 12.4. The number of urea groups is 2. The number of carbonyl (C=O) groups is 6. The molecule has 0 aromatic carbocycles. The van der Waals surface area contributed by atoms with E-state index in [2.05, 4.69) is 0 Å². The summed E-state index contributed by atoms with van der Waals surface area (Å²) in [6.07, 6.45) is -2.92. The fraction of sp³-hybridized carbons (Fsp3) is 0.500. The van der Waals surface area contributed by atoms with Gasteiger partial charge in [-0.1, -0.05) is 0 Å². The first kappa shape index (κ1) is 18.8. The normalized spacial score (nSPS) is 22.0. The molecule has 2 fully saturated rings. The Balaban J connectivity index is 2.51. The second kappa shape index (κ2) is 6.73. The number of hydrogen-bond acceptors (Lipinski definition) is 6. The third kappa shape index (κ3) is 3.28. The predicted molar refractivity (Wildman–Crippen MR) is 75.7 cm³/mol. The van der Waals surface area contributed by atoms with E-state index < -0.39 is 74.5 Å². The van der Waals surface area contributed by atoms with Crippen molar-refractivity contribution < 1.29 is 49.2 Å². The quantitative estimate of drug-likeness (QED) is 0.351. The van der Waals surface area contributed by atoms with Gasteiger partial charge in [0.1, 0.15) is 26.2 Å². The van der Waals surface area contributed by atoms with Crippen molar-refractivity contribution in [1.82, 2.24) is 19.6 Å². The van der Waals surface area contributed by atoms with Gasteiger partial charge in [-0.2, -0.15) is 0 Å². The molecule has 0 bridgehead atoms. The van der Waals surface area contributed by atoms with Crippen molar-refractivity contribution in [2.24, 2.45) is 0 Å². The largest absolute Gasteiger partial charge is 0.480 e. The Morgan fingerprint density at radius 2 is 0.769 bits per heavy atom. The minimum Gasteiger partial charge on any atom is -0.480 e. The zero-order chi connectivity index (χ0) is 19.8. The molecule has 142 valence electrons. The van der Waals surface area contributed by atoms with Gasteiger partial charge in [-0.15, -0.1) is 0 Å². The zero-order valence-corrected chi connectivity index (χ0v) is 13.0. The lowest BCUT2D eigenvalue weighted by Gasteiger charge is -2.27. The first-order valence-corrected chi connectivity index (χ1v) is 7.06. The number of carbonyl (C=O) groups excluding carboxylic acids is 2. The molecule has 2 heterocycles. The van der Waals surface area contributed by atoms with Crippen LogP contribution in [0.15, 0.2) is 0 Å². The Morgan fingerprint density at radius 3 is 0.923 bits per heavy atom. The summed E-state index contributed by atoms with van der Waals surface area (Å²) < 4.78 is 0. The molecular weight excluding hydrogens is 360 g/mol. The fourth-order valence-electron chi connectivity index (χ4n) is 2.99. The highest BCUT2D eigenvalue weighted by Gasteiger charge is 2.60. The Hall–Kier alpha value is -3.58. The van der Waals surface area contributed by atoms with E-state index in [1.54, 1.807) is 0 Å². The predicted octanol–water partition coefficient (Wildman–Crippen LogP) is -2.55. The molecule has 26 heavy (non-hydrogen) atoms. The summed E-state index contributed by atoms with van der Waals surface area (Å²) in [4.78, 5) is 71.5.